The van der Waals surface area contributed by atoms with E-state index in [9.17, 15) is 33.0 Å². The highest BCUT2D eigenvalue weighted by Crippen LogP contribution is 2.50. The van der Waals surface area contributed by atoms with Crippen molar-refractivity contribution in [2.75, 3.05) is 84.9 Å². The highest BCUT2D eigenvalue weighted by Gasteiger charge is 2.41. The number of carbonyl (C=O) groups is 3. The molecule has 24 rings (SSSR count). The Morgan fingerprint density at radius 2 is 1.01 bits per heavy atom. The summed E-state index contributed by atoms with van der Waals surface area (Å²) in [6.45, 7) is 29.4. The second-order valence-corrected chi connectivity index (χ2v) is 45.1. The molecule has 6 unspecified atom stereocenters. The molecule has 4 aliphatic heterocycles. The van der Waals surface area contributed by atoms with Gasteiger partial charge in [-0.3, -0.25) is 14.5 Å². The Morgan fingerprint density at radius 1 is 0.507 bits per heavy atom. The van der Waals surface area contributed by atoms with Crippen LogP contribution in [-0.2, 0) is 88.9 Å². The molecule has 7 N–H and O–H groups in total. The van der Waals surface area contributed by atoms with Crippen molar-refractivity contribution in [3.05, 3.63) is 252 Å². The van der Waals surface area contributed by atoms with Gasteiger partial charge in [0.1, 0.15) is 27.1 Å². The number of nitrogens with one attached hydrogen (secondary N) is 5. The summed E-state index contributed by atoms with van der Waals surface area (Å²) in [5, 5.41) is 37.9. The average molecular weight is 2000 g/mol. The molecular formula is C115H143BrN12O10S2. The molecule has 10 heterocycles. The van der Waals surface area contributed by atoms with Crippen LogP contribution in [0.5, 0.6) is 17.2 Å². The molecule has 11 aliphatic rings. The number of hydrogen-bond acceptors (Lipinski definition) is 15. The zero-order valence-corrected chi connectivity index (χ0v) is 86.7. The molecule has 7 aromatic carbocycles. The molecule has 742 valence electrons. The highest BCUT2D eigenvalue weighted by atomic mass is 79.9. The number of H-pyrrole nitrogens is 2. The number of aromatic amines is 2. The third-order valence-electron chi connectivity index (χ3n) is 31.0. The maximum atomic E-state index is 12.8. The first-order valence-corrected chi connectivity index (χ1v) is 55.7. The molecule has 7 aliphatic carbocycles. The van der Waals surface area contributed by atoms with Gasteiger partial charge < -0.3 is 78.4 Å². The molecule has 0 radical (unpaired) electrons. The van der Waals surface area contributed by atoms with Crippen molar-refractivity contribution >= 4 is 120 Å². The number of aryl methyl sites for hydroxylation is 8. The lowest BCUT2D eigenvalue weighted by molar-refractivity contribution is -0.134. The van der Waals surface area contributed by atoms with E-state index in [1.54, 1.807) is 49.6 Å². The number of aromatic carboxylic acids is 1. The van der Waals surface area contributed by atoms with E-state index in [-0.39, 0.29) is 17.1 Å². The number of rotatable bonds is 18. The van der Waals surface area contributed by atoms with Crippen LogP contribution in [0.2, 0.25) is 0 Å². The number of sulfone groups is 1. The van der Waals surface area contributed by atoms with E-state index in [2.05, 4.69) is 207 Å². The predicted molar refractivity (Wildman–Crippen MR) is 573 cm³/mol. The number of aliphatic hydroxyl groups excluding tert-OH is 1. The molecule has 6 aromatic heterocycles. The Morgan fingerprint density at radius 3 is 1.62 bits per heavy atom. The van der Waals surface area contributed by atoms with Crippen LogP contribution in [0.15, 0.2) is 163 Å². The minimum absolute atomic E-state index is 0.0851. The van der Waals surface area contributed by atoms with Gasteiger partial charge in [0.05, 0.1) is 43.2 Å². The maximum absolute atomic E-state index is 12.8. The molecule has 22 nitrogen and oxygen atoms in total. The van der Waals surface area contributed by atoms with E-state index in [1.807, 2.05) is 36.4 Å². The second kappa shape index (κ2) is 44.3. The lowest BCUT2D eigenvalue weighted by atomic mass is 9.83. The topological polar surface area (TPSA) is 251 Å². The number of benzene rings is 7. The van der Waals surface area contributed by atoms with Crippen molar-refractivity contribution in [1.82, 2.24) is 58.9 Å². The summed E-state index contributed by atoms with van der Waals surface area (Å²) in [7, 11) is 0.751. The van der Waals surface area contributed by atoms with Crippen LogP contribution < -0.4 is 25.4 Å². The van der Waals surface area contributed by atoms with E-state index in [0.717, 1.165) is 168 Å². The first kappa shape index (κ1) is 99.8. The quantitative estimate of drug-likeness (QED) is 0.0312. The number of aliphatic hydroxyl groups is 1. The number of hydrogen-bond donors (Lipinski definition) is 7. The largest absolute Gasteiger partial charge is 0.513 e. The van der Waals surface area contributed by atoms with Gasteiger partial charge in [-0.05, 0) is 316 Å². The van der Waals surface area contributed by atoms with Crippen molar-refractivity contribution in [2.45, 2.75) is 263 Å². The van der Waals surface area contributed by atoms with Crippen molar-refractivity contribution < 1.29 is 47.2 Å². The normalized spacial score (nSPS) is 19.8. The zero-order valence-electron chi connectivity index (χ0n) is 83.5. The summed E-state index contributed by atoms with van der Waals surface area (Å²) in [5.74, 6) is 3.59. The Bertz CT molecular complexity index is 6860. The predicted octanol–water partition coefficient (Wildman–Crippen LogP) is 24.3. The van der Waals surface area contributed by atoms with Gasteiger partial charge in [-0.1, -0.05) is 96.4 Å². The van der Waals surface area contributed by atoms with E-state index in [0.29, 0.717) is 60.1 Å². The fourth-order valence-corrected chi connectivity index (χ4v) is 25.8. The molecular weight excluding hydrogens is 1850 g/mol. The van der Waals surface area contributed by atoms with Crippen LogP contribution in [0.3, 0.4) is 0 Å². The number of nitrogens with zero attached hydrogens (tertiary/aromatic N) is 7. The SMILES string of the molecule is C=C(C)N1CCn2c3c(c4cc(C(=O)O)ccc42)CCCC31.C=C(O)CCN1CCn2c3c(c4cc(C5CCCCC5)ccc42)CCCC31.CC(=O)SCCC(=O)N1CCn2c3c(c4cc(C)ccc42)CCCC31.CCNC1CCCc2c1[nH]c1ccc(C)cc21.COCCNC1CCCc2c1[nH]c1ccc(Br)cc21.COc1ccc(Oc2ccc3c(c2)c2c4n3CCNC4CCC2)cc1.CS(C)(=O)=O. The van der Waals surface area contributed by atoms with Crippen LogP contribution in [0.4, 0.5) is 0 Å². The van der Waals surface area contributed by atoms with Crippen LogP contribution in [0.25, 0.3) is 65.4 Å². The number of carboxylic acids is 1. The lowest BCUT2D eigenvalue weighted by Crippen LogP contribution is -2.43. The number of fused-ring (bicyclic) bond motifs is 18. The minimum atomic E-state index is -2.67. The van der Waals surface area contributed by atoms with Crippen LogP contribution in [0.1, 0.15) is 280 Å². The van der Waals surface area contributed by atoms with Gasteiger partial charge in [0.2, 0.25) is 5.91 Å². The summed E-state index contributed by atoms with van der Waals surface area (Å²) >= 11 is 4.81. The highest BCUT2D eigenvalue weighted by molar-refractivity contribution is 9.10. The molecule has 6 atom stereocenters. The standard InChI is InChI=1S/C24H32N2O.C21H22N2O2.C20H24N2O2S.C18H20N2O2.C15H19BrN2O.C15H20N2.C2H6O2S/c1-17(27)12-13-25-14-15-26-22-11-10-19(18-6-3-2-4-7-18)16-21(22)20-8-5-9-23(25)24(20)26;1-24-14-5-7-15(8-6-14)25-16-9-10-20-18(13-16)17-3-2-4-19-21(17)23(20)12-11-22-19;1-13-6-7-17-16(12-13)15-4-3-5-18-20(15)22(17)10-9-21(18)19(24)8-11-25-14(2)23;1-11(2)19-8-9-20-15-7-6-12(18(21)22)10-14(15)13-4-3-5-16(19)17(13)20;1-19-8-7-17-14-4-2-3-11-12-9-10(16)5-6-13(12)18-15(11)14;1-3-16-14-6-4-5-11-12-9-10(2)7-8-13(12)17-15(11)14;1-5(2,3)4/h10-11,16,18,23,27H,1-9,12-15H2;5-10,13,19,22H,2-4,11-12H2,1H3;6-7,12,18H,3-5,8-11H2,1-2H3;6-7,10,16H,1,3-5,8-9H2,2H3,(H,21,22);5-6,9,14,17-18H,2-4,7-8H2,1H3;7-9,14,16-17H,3-6H2,1-2H3;1-2H3. The molecule has 0 saturated heterocycles. The molecule has 1 saturated carbocycles. The lowest BCUT2D eigenvalue weighted by Gasteiger charge is -2.41. The van der Waals surface area contributed by atoms with E-state index in [4.69, 9.17) is 14.2 Å². The van der Waals surface area contributed by atoms with Crippen LogP contribution in [-0.4, -0.2) is 163 Å². The summed E-state index contributed by atoms with van der Waals surface area (Å²) in [5.41, 5.74) is 31.2. The maximum Gasteiger partial charge on any atom is 0.335 e. The Hall–Kier alpha value is -10.4. The monoisotopic (exact) mass is 1990 g/mol. The van der Waals surface area contributed by atoms with Gasteiger partial charge in [-0.15, -0.1) is 0 Å². The Kier molecular flexibility index (Phi) is 31.5. The Balaban J connectivity index is 0.000000111. The third kappa shape index (κ3) is 21.6. The van der Waals surface area contributed by atoms with E-state index in [1.165, 1.54) is 243 Å². The second-order valence-electron chi connectivity index (χ2n) is 40.6. The van der Waals surface area contributed by atoms with Crippen molar-refractivity contribution in [1.29, 1.82) is 0 Å². The first-order chi connectivity index (χ1) is 67.8. The third-order valence-corrected chi connectivity index (χ3v) is 32.3. The van der Waals surface area contributed by atoms with Crippen molar-refractivity contribution in [2.24, 2.45) is 0 Å². The fourth-order valence-electron chi connectivity index (χ4n) is 24.9. The summed E-state index contributed by atoms with van der Waals surface area (Å²) < 4.78 is 46.8. The minimum Gasteiger partial charge on any atom is -0.513 e. The number of ether oxygens (including phenoxy) is 3. The number of amides is 1. The number of carbonyl (C=O) groups excluding carboxylic acids is 2. The summed E-state index contributed by atoms with van der Waals surface area (Å²) in [4.78, 5) is 49.4. The van der Waals surface area contributed by atoms with Gasteiger partial charge in [-0.2, -0.15) is 0 Å². The molecule has 140 heavy (non-hydrogen) atoms. The van der Waals surface area contributed by atoms with Gasteiger partial charge >= 0.3 is 5.97 Å². The number of methoxy groups -OCH3 is 2. The number of halogens is 1. The first-order valence-electron chi connectivity index (χ1n) is 51.6. The van der Waals surface area contributed by atoms with Gasteiger partial charge in [-0.25, -0.2) is 13.2 Å². The van der Waals surface area contributed by atoms with E-state index < -0.39 is 15.8 Å². The van der Waals surface area contributed by atoms with Crippen molar-refractivity contribution in [3.8, 4) is 17.2 Å². The number of aromatic nitrogens is 6. The van der Waals surface area contributed by atoms with Gasteiger partial charge in [0.15, 0.2) is 5.12 Å². The smallest absolute Gasteiger partial charge is 0.335 e. The molecule has 1 amide bonds. The molecule has 0 spiro atoms. The van der Waals surface area contributed by atoms with Gasteiger partial charge in [0, 0.05) is 238 Å². The fraction of sp³-hybridized carbons (Fsp3) is 0.470. The molecule has 1 fully saturated rings. The summed E-state index contributed by atoms with van der Waals surface area (Å²) in [6.07, 6.45) is 31.9. The summed E-state index contributed by atoms with van der Waals surface area (Å²) in [6, 6.07) is 49.7. The number of carboxylic acid groups (broad SMARTS) is 1. The number of thioether (sulfide) groups is 1. The molecule has 25 heteroatoms. The Labute approximate surface area is 838 Å². The van der Waals surface area contributed by atoms with E-state index >= 15 is 0 Å². The van der Waals surface area contributed by atoms with Crippen molar-refractivity contribution in [3.63, 3.8) is 0 Å². The average Bonchev–Trinajstić information content (AvgIpc) is 1.58. The number of allylic oxidation sites excluding steroid dienone is 1. The molecule has 0 bridgehead atoms. The van der Waals surface area contributed by atoms with Gasteiger partial charge in [0.25, 0.3) is 0 Å². The van der Waals surface area contributed by atoms with Crippen LogP contribution >= 0.6 is 27.7 Å². The molecule has 13 aromatic rings. The zero-order chi connectivity index (χ0) is 97.7. The van der Waals surface area contributed by atoms with Crippen LogP contribution in [0, 0.1) is 13.8 Å².